The Morgan fingerprint density at radius 1 is 1.03 bits per heavy atom. The molecule has 0 bridgehead atoms. The van der Waals surface area contributed by atoms with Crippen molar-refractivity contribution in [1.82, 2.24) is 9.88 Å². The van der Waals surface area contributed by atoms with Crippen LogP contribution in [0.1, 0.15) is 16.1 Å². The monoisotopic (exact) mass is 442 g/mol. The Hall–Kier alpha value is -3.23. The predicted octanol–water partition coefficient (Wildman–Crippen LogP) is 3.69. The van der Waals surface area contributed by atoms with E-state index in [0.29, 0.717) is 27.1 Å². The van der Waals surface area contributed by atoms with Crippen LogP contribution in [0.5, 0.6) is 0 Å². The SMILES string of the molecule is CN(CC(=O)Nc1ccccc1Cl)C(=O)Cc1csc(NC(=O)c2ccccc2)n1. The number of rotatable bonds is 7. The van der Waals surface area contributed by atoms with Gasteiger partial charge < -0.3 is 10.2 Å². The van der Waals surface area contributed by atoms with E-state index in [1.165, 1.54) is 16.2 Å². The zero-order chi connectivity index (χ0) is 21.5. The standard InChI is InChI=1S/C21H19ClN4O3S/c1-26(12-18(27)24-17-10-6-5-9-16(17)22)19(28)11-15-13-30-21(23-15)25-20(29)14-7-3-2-4-8-14/h2-10,13H,11-12H2,1H3,(H,24,27)(H,23,25,29). The first-order chi connectivity index (χ1) is 14.4. The van der Waals surface area contributed by atoms with Gasteiger partial charge in [0.15, 0.2) is 5.13 Å². The van der Waals surface area contributed by atoms with Gasteiger partial charge in [-0.15, -0.1) is 11.3 Å². The highest BCUT2D eigenvalue weighted by molar-refractivity contribution is 7.14. The molecule has 0 fully saturated rings. The van der Waals surface area contributed by atoms with Gasteiger partial charge in [0, 0.05) is 18.0 Å². The Balaban J connectivity index is 1.51. The molecule has 30 heavy (non-hydrogen) atoms. The molecule has 0 atom stereocenters. The lowest BCUT2D eigenvalue weighted by Gasteiger charge is -2.16. The normalized spacial score (nSPS) is 10.3. The van der Waals surface area contributed by atoms with Gasteiger partial charge in [-0.1, -0.05) is 41.9 Å². The number of para-hydroxylation sites is 1. The van der Waals surface area contributed by atoms with E-state index in [1.54, 1.807) is 61.0 Å². The molecule has 0 saturated heterocycles. The first kappa shape index (κ1) is 21.5. The molecule has 3 aromatic rings. The van der Waals surface area contributed by atoms with Crippen LogP contribution < -0.4 is 10.6 Å². The average molecular weight is 443 g/mol. The number of likely N-dealkylation sites (N-methyl/N-ethyl adjacent to an activating group) is 1. The lowest BCUT2D eigenvalue weighted by atomic mass is 10.2. The van der Waals surface area contributed by atoms with Gasteiger partial charge in [0.1, 0.15) is 0 Å². The minimum absolute atomic E-state index is 0.0214. The van der Waals surface area contributed by atoms with E-state index in [2.05, 4.69) is 15.6 Å². The quantitative estimate of drug-likeness (QED) is 0.583. The molecule has 154 valence electrons. The van der Waals surface area contributed by atoms with Crippen molar-refractivity contribution in [3.8, 4) is 0 Å². The van der Waals surface area contributed by atoms with Gasteiger partial charge in [0.05, 0.1) is 29.4 Å². The Morgan fingerprint density at radius 2 is 1.73 bits per heavy atom. The van der Waals surface area contributed by atoms with Crippen molar-refractivity contribution in [3.63, 3.8) is 0 Å². The summed E-state index contributed by atoms with van der Waals surface area (Å²) in [5.41, 5.74) is 1.53. The summed E-state index contributed by atoms with van der Waals surface area (Å²) in [5, 5.41) is 7.92. The van der Waals surface area contributed by atoms with E-state index in [-0.39, 0.29) is 30.7 Å². The van der Waals surface area contributed by atoms with Crippen molar-refractivity contribution in [2.24, 2.45) is 0 Å². The van der Waals surface area contributed by atoms with Crippen LogP contribution in [0.25, 0.3) is 0 Å². The fourth-order valence-electron chi connectivity index (χ4n) is 2.55. The summed E-state index contributed by atoms with van der Waals surface area (Å²) < 4.78 is 0. The number of anilines is 2. The van der Waals surface area contributed by atoms with Crippen molar-refractivity contribution < 1.29 is 14.4 Å². The van der Waals surface area contributed by atoms with E-state index in [1.807, 2.05) is 6.07 Å². The Kier molecular flexibility index (Phi) is 7.16. The number of amides is 3. The zero-order valence-corrected chi connectivity index (χ0v) is 17.7. The Morgan fingerprint density at radius 3 is 2.47 bits per heavy atom. The first-order valence-electron chi connectivity index (χ1n) is 9.01. The summed E-state index contributed by atoms with van der Waals surface area (Å²) >= 11 is 7.26. The predicted molar refractivity (Wildman–Crippen MR) is 118 cm³/mol. The molecule has 0 saturated carbocycles. The number of carbonyl (C=O) groups is 3. The minimum Gasteiger partial charge on any atom is -0.336 e. The summed E-state index contributed by atoms with van der Waals surface area (Å²) in [4.78, 5) is 42.4. The van der Waals surface area contributed by atoms with Crippen LogP contribution in [0.2, 0.25) is 5.02 Å². The average Bonchev–Trinajstić information content (AvgIpc) is 3.17. The smallest absolute Gasteiger partial charge is 0.257 e. The van der Waals surface area contributed by atoms with Gasteiger partial charge in [0.25, 0.3) is 5.91 Å². The lowest BCUT2D eigenvalue weighted by molar-refractivity contribution is -0.132. The molecule has 0 aliphatic carbocycles. The topological polar surface area (TPSA) is 91.4 Å². The maximum atomic E-state index is 12.4. The highest BCUT2D eigenvalue weighted by Gasteiger charge is 2.16. The van der Waals surface area contributed by atoms with Crippen LogP contribution in [-0.2, 0) is 16.0 Å². The number of aromatic nitrogens is 1. The van der Waals surface area contributed by atoms with Gasteiger partial charge in [-0.05, 0) is 24.3 Å². The molecule has 1 aromatic heterocycles. The van der Waals surface area contributed by atoms with E-state index < -0.39 is 0 Å². The van der Waals surface area contributed by atoms with E-state index in [0.717, 1.165) is 0 Å². The molecule has 7 nitrogen and oxygen atoms in total. The molecular formula is C21H19ClN4O3S. The third-order valence-corrected chi connectivity index (χ3v) is 5.23. The van der Waals surface area contributed by atoms with Crippen molar-refractivity contribution in [1.29, 1.82) is 0 Å². The molecular weight excluding hydrogens is 424 g/mol. The second-order valence-corrected chi connectivity index (χ2v) is 7.68. The number of hydrogen-bond donors (Lipinski definition) is 2. The van der Waals surface area contributed by atoms with Crippen LogP contribution in [0.15, 0.2) is 60.0 Å². The fraction of sp³-hybridized carbons (Fsp3) is 0.143. The number of carbonyl (C=O) groups excluding carboxylic acids is 3. The molecule has 2 aromatic carbocycles. The molecule has 9 heteroatoms. The summed E-state index contributed by atoms with van der Waals surface area (Å²) in [7, 11) is 1.54. The number of thiazole rings is 1. The number of nitrogens with zero attached hydrogens (tertiary/aromatic N) is 2. The molecule has 0 radical (unpaired) electrons. The van der Waals surface area contributed by atoms with Gasteiger partial charge in [0.2, 0.25) is 11.8 Å². The third kappa shape index (κ3) is 5.88. The molecule has 2 N–H and O–H groups in total. The summed E-state index contributed by atoms with van der Waals surface area (Å²) in [6, 6.07) is 15.7. The molecule has 0 unspecified atom stereocenters. The van der Waals surface area contributed by atoms with Crippen LogP contribution in [0.4, 0.5) is 10.8 Å². The van der Waals surface area contributed by atoms with Crippen molar-refractivity contribution >= 4 is 51.5 Å². The Bertz CT molecular complexity index is 1060. The maximum absolute atomic E-state index is 12.4. The Labute approximate surface area is 182 Å². The number of hydrogen-bond acceptors (Lipinski definition) is 5. The van der Waals surface area contributed by atoms with Gasteiger partial charge in [-0.2, -0.15) is 0 Å². The summed E-state index contributed by atoms with van der Waals surface area (Å²) in [6.45, 7) is -0.119. The lowest BCUT2D eigenvalue weighted by Crippen LogP contribution is -2.35. The molecule has 3 rings (SSSR count). The highest BCUT2D eigenvalue weighted by Crippen LogP contribution is 2.20. The second kappa shape index (κ2) is 10.00. The van der Waals surface area contributed by atoms with E-state index in [4.69, 9.17) is 11.6 Å². The highest BCUT2D eigenvalue weighted by atomic mass is 35.5. The van der Waals surface area contributed by atoms with Gasteiger partial charge in [-0.25, -0.2) is 4.98 Å². The molecule has 1 heterocycles. The van der Waals surface area contributed by atoms with Gasteiger partial charge >= 0.3 is 0 Å². The van der Waals surface area contributed by atoms with Crippen LogP contribution in [0, 0.1) is 0 Å². The molecule has 3 amide bonds. The van der Waals surface area contributed by atoms with Crippen LogP contribution >= 0.6 is 22.9 Å². The summed E-state index contributed by atoms with van der Waals surface area (Å²) in [6.07, 6.45) is 0.0214. The first-order valence-corrected chi connectivity index (χ1v) is 10.3. The number of nitrogens with one attached hydrogen (secondary N) is 2. The van der Waals surface area contributed by atoms with E-state index in [9.17, 15) is 14.4 Å². The largest absolute Gasteiger partial charge is 0.336 e. The third-order valence-electron chi connectivity index (χ3n) is 4.10. The maximum Gasteiger partial charge on any atom is 0.257 e. The van der Waals surface area contributed by atoms with E-state index >= 15 is 0 Å². The van der Waals surface area contributed by atoms with Crippen LogP contribution in [0.3, 0.4) is 0 Å². The van der Waals surface area contributed by atoms with Crippen molar-refractivity contribution in [3.05, 3.63) is 76.3 Å². The van der Waals surface area contributed by atoms with Gasteiger partial charge in [-0.3, -0.25) is 19.7 Å². The number of halogens is 1. The summed E-state index contributed by atoms with van der Waals surface area (Å²) in [5.74, 6) is -0.889. The zero-order valence-electron chi connectivity index (χ0n) is 16.1. The molecule has 0 aliphatic heterocycles. The van der Waals surface area contributed by atoms with Crippen LogP contribution in [-0.4, -0.2) is 41.2 Å². The fourth-order valence-corrected chi connectivity index (χ4v) is 3.44. The second-order valence-electron chi connectivity index (χ2n) is 6.42. The molecule has 0 spiro atoms. The van der Waals surface area contributed by atoms with Crippen molar-refractivity contribution in [2.45, 2.75) is 6.42 Å². The minimum atomic E-state index is -0.354. The van der Waals surface area contributed by atoms with Crippen molar-refractivity contribution in [2.75, 3.05) is 24.2 Å². The molecule has 0 aliphatic rings. The number of benzene rings is 2.